The molecule has 8 nitrogen and oxygen atoms in total. The molecule has 80 valence electrons. The predicted octanol–water partition coefficient (Wildman–Crippen LogP) is 0.585. The van der Waals surface area contributed by atoms with Crippen molar-refractivity contribution in [1.29, 1.82) is 0 Å². The lowest BCUT2D eigenvalue weighted by molar-refractivity contribution is -0.403. The zero-order valence-electron chi connectivity index (χ0n) is 7.50. The maximum absolute atomic E-state index is 11.2. The Bertz CT molecular complexity index is 430. The van der Waals surface area contributed by atoms with E-state index in [-0.39, 0.29) is 0 Å². The second-order valence-electron chi connectivity index (χ2n) is 2.51. The van der Waals surface area contributed by atoms with Crippen molar-refractivity contribution in [2.45, 2.75) is 0 Å². The van der Waals surface area contributed by atoms with Gasteiger partial charge in [-0.2, -0.15) is 0 Å². The van der Waals surface area contributed by atoms with Crippen molar-refractivity contribution in [3.63, 3.8) is 0 Å². The van der Waals surface area contributed by atoms with Gasteiger partial charge in [0.05, 0.1) is 29.1 Å². The third-order valence-electron chi connectivity index (χ3n) is 1.65. The monoisotopic (exact) mass is 213 g/mol. The van der Waals surface area contributed by atoms with Gasteiger partial charge in [-0.3, -0.25) is 20.2 Å². The van der Waals surface area contributed by atoms with Crippen LogP contribution in [0.15, 0.2) is 12.1 Å². The van der Waals surface area contributed by atoms with Gasteiger partial charge in [0.25, 0.3) is 11.4 Å². The molecule has 15 heavy (non-hydrogen) atoms. The summed E-state index contributed by atoms with van der Waals surface area (Å²) in [5.41, 5.74) is -1.43. The van der Waals surface area contributed by atoms with Crippen LogP contribution in [0.1, 0.15) is 0 Å². The van der Waals surface area contributed by atoms with Crippen LogP contribution in [0, 0.1) is 20.2 Å². The average Bonchev–Trinajstić information content (AvgIpc) is 2.17. The van der Waals surface area contributed by atoms with E-state index in [2.05, 4.69) is 4.74 Å². The zero-order valence-corrected chi connectivity index (χ0v) is 7.50. The molecule has 1 aromatic carbocycles. The largest absolute Gasteiger partial charge is 0.865 e. The molecule has 0 saturated heterocycles. The van der Waals surface area contributed by atoms with Crippen LogP contribution >= 0.6 is 0 Å². The third kappa shape index (κ3) is 1.93. The van der Waals surface area contributed by atoms with Crippen molar-refractivity contribution in [1.82, 2.24) is 0 Å². The van der Waals surface area contributed by atoms with E-state index in [0.29, 0.717) is 6.07 Å². The molecule has 0 fully saturated rings. The maximum atomic E-state index is 11.2. The van der Waals surface area contributed by atoms with Crippen molar-refractivity contribution < 1.29 is 19.7 Å². The van der Waals surface area contributed by atoms with Crippen molar-refractivity contribution >= 4 is 11.4 Å². The highest BCUT2D eigenvalue weighted by Crippen LogP contribution is 2.37. The van der Waals surface area contributed by atoms with Gasteiger partial charge in [0.1, 0.15) is 5.75 Å². The molecule has 0 saturated carbocycles. The predicted molar refractivity (Wildman–Crippen MR) is 45.7 cm³/mol. The van der Waals surface area contributed by atoms with Gasteiger partial charge in [-0.05, 0) is 0 Å². The first kappa shape index (κ1) is 10.7. The Kier molecular flexibility index (Phi) is 2.70. The Hall–Kier alpha value is -2.38. The zero-order chi connectivity index (χ0) is 11.6. The number of ether oxygens (including phenoxy) is 1. The highest BCUT2D eigenvalue weighted by atomic mass is 16.6. The second-order valence-corrected chi connectivity index (χ2v) is 2.51. The molecule has 1 aromatic rings. The Morgan fingerprint density at radius 1 is 1.20 bits per heavy atom. The fourth-order valence-corrected chi connectivity index (χ4v) is 0.966. The minimum absolute atomic E-state index is 0.420. The quantitative estimate of drug-likeness (QED) is 0.535. The van der Waals surface area contributed by atoms with E-state index in [4.69, 9.17) is 0 Å². The SMILES string of the molecule is COc1cc([N+](=O)[O-])cc([N+](=O)[O-])c1[O-]. The number of hydrogen-bond donors (Lipinski definition) is 0. The summed E-state index contributed by atoms with van der Waals surface area (Å²) < 4.78 is 4.51. The van der Waals surface area contributed by atoms with Crippen LogP contribution < -0.4 is 9.84 Å². The van der Waals surface area contributed by atoms with Crippen LogP contribution in [-0.2, 0) is 0 Å². The highest BCUT2D eigenvalue weighted by Gasteiger charge is 2.18. The molecule has 0 amide bonds. The Morgan fingerprint density at radius 2 is 1.80 bits per heavy atom. The third-order valence-corrected chi connectivity index (χ3v) is 1.65. The first-order valence-corrected chi connectivity index (χ1v) is 3.65. The van der Waals surface area contributed by atoms with Gasteiger partial charge in [0.2, 0.25) is 0 Å². The van der Waals surface area contributed by atoms with Gasteiger partial charge in [-0.1, -0.05) is 0 Å². The van der Waals surface area contributed by atoms with Crippen molar-refractivity contribution in [2.75, 3.05) is 7.11 Å². The van der Waals surface area contributed by atoms with Crippen LogP contribution in [0.5, 0.6) is 11.5 Å². The van der Waals surface area contributed by atoms with Crippen LogP contribution in [-0.4, -0.2) is 17.0 Å². The van der Waals surface area contributed by atoms with Gasteiger partial charge in [0, 0.05) is 5.75 Å². The van der Waals surface area contributed by atoms with Gasteiger partial charge in [0.15, 0.2) is 0 Å². The number of non-ortho nitro benzene ring substituents is 1. The minimum Gasteiger partial charge on any atom is -0.865 e. The Morgan fingerprint density at radius 3 is 2.20 bits per heavy atom. The molecule has 0 radical (unpaired) electrons. The van der Waals surface area contributed by atoms with Gasteiger partial charge in [-0.15, -0.1) is 0 Å². The summed E-state index contributed by atoms with van der Waals surface area (Å²) in [6.07, 6.45) is 0. The first-order chi connectivity index (χ1) is 6.97. The van der Waals surface area contributed by atoms with E-state index in [1.807, 2.05) is 0 Å². The second kappa shape index (κ2) is 3.78. The molecule has 0 aliphatic rings. The topological polar surface area (TPSA) is 119 Å². The summed E-state index contributed by atoms with van der Waals surface area (Å²) in [4.78, 5) is 18.9. The number of nitrogens with zero attached hydrogens (tertiary/aromatic N) is 2. The van der Waals surface area contributed by atoms with Crippen LogP contribution in [0.2, 0.25) is 0 Å². The lowest BCUT2D eigenvalue weighted by Crippen LogP contribution is -2.02. The summed E-state index contributed by atoms with van der Waals surface area (Å²) in [7, 11) is 1.10. The van der Waals surface area contributed by atoms with Crippen molar-refractivity contribution in [3.8, 4) is 11.5 Å². The van der Waals surface area contributed by atoms with E-state index in [1.54, 1.807) is 0 Å². The van der Waals surface area contributed by atoms with Crippen molar-refractivity contribution in [3.05, 3.63) is 32.4 Å². The van der Waals surface area contributed by atoms with E-state index in [1.165, 1.54) is 0 Å². The number of rotatable bonds is 3. The summed E-state index contributed by atoms with van der Waals surface area (Å²) in [5, 5.41) is 32.0. The van der Waals surface area contributed by atoms with Gasteiger partial charge < -0.3 is 9.84 Å². The molecule has 1 rings (SSSR count). The first-order valence-electron chi connectivity index (χ1n) is 3.65. The lowest BCUT2D eigenvalue weighted by Gasteiger charge is -2.11. The summed E-state index contributed by atoms with van der Waals surface area (Å²) in [6.45, 7) is 0. The summed E-state index contributed by atoms with van der Waals surface area (Å²) in [6, 6.07) is 1.44. The van der Waals surface area contributed by atoms with Gasteiger partial charge in [-0.25, -0.2) is 0 Å². The molecule has 0 atom stereocenters. The van der Waals surface area contributed by atoms with Gasteiger partial charge >= 0.3 is 0 Å². The van der Waals surface area contributed by atoms with Crippen LogP contribution in [0.4, 0.5) is 11.4 Å². The lowest BCUT2D eigenvalue weighted by atomic mass is 10.2. The standard InChI is InChI=1S/C7H6N2O6/c1-15-6-3-4(8(11)12)2-5(7(6)10)9(13)14/h2-3,10H,1H3/p-1. The summed E-state index contributed by atoms with van der Waals surface area (Å²) in [5.74, 6) is -1.40. The van der Waals surface area contributed by atoms with Crippen LogP contribution in [0.3, 0.4) is 0 Å². The van der Waals surface area contributed by atoms with E-state index in [0.717, 1.165) is 13.2 Å². The average molecular weight is 213 g/mol. The molecule has 0 aliphatic carbocycles. The van der Waals surface area contributed by atoms with Crippen LogP contribution in [0.25, 0.3) is 0 Å². The molecule has 0 unspecified atom stereocenters. The minimum atomic E-state index is -0.988. The molecule has 0 heterocycles. The smallest absolute Gasteiger partial charge is 0.279 e. The molecule has 0 spiro atoms. The summed E-state index contributed by atoms with van der Waals surface area (Å²) >= 11 is 0. The molecule has 0 bridgehead atoms. The normalized spacial score (nSPS) is 9.67. The number of benzene rings is 1. The molecule has 0 N–H and O–H groups in total. The maximum Gasteiger partial charge on any atom is 0.279 e. The Labute approximate surface area is 83.0 Å². The van der Waals surface area contributed by atoms with Crippen molar-refractivity contribution in [2.24, 2.45) is 0 Å². The fourth-order valence-electron chi connectivity index (χ4n) is 0.966. The molecular formula is C7H5N2O6-. The van der Waals surface area contributed by atoms with E-state index in [9.17, 15) is 25.3 Å². The van der Waals surface area contributed by atoms with E-state index < -0.39 is 32.7 Å². The fraction of sp³-hybridized carbons (Fsp3) is 0.143. The number of nitro groups is 2. The molecule has 8 heteroatoms. The molecule has 0 aliphatic heterocycles. The number of hydrogen-bond acceptors (Lipinski definition) is 6. The number of methoxy groups -OCH3 is 1. The Balaban J connectivity index is 3.45. The van der Waals surface area contributed by atoms with E-state index >= 15 is 0 Å². The number of nitro benzene ring substituents is 2. The highest BCUT2D eigenvalue weighted by molar-refractivity contribution is 5.60. The molecular weight excluding hydrogens is 208 g/mol. The molecule has 0 aromatic heterocycles.